The first-order chi connectivity index (χ1) is 10.1. The quantitative estimate of drug-likeness (QED) is 0.860. The van der Waals surface area contributed by atoms with E-state index in [1.165, 1.54) is 0 Å². The number of benzene rings is 2. The number of para-hydroxylation sites is 1. The number of hydrogen-bond donors (Lipinski definition) is 2. The molecule has 0 fully saturated rings. The smallest absolute Gasteiger partial charge is 0.139 e. The minimum absolute atomic E-state index is 0.0837. The van der Waals surface area contributed by atoms with Gasteiger partial charge in [-0.05, 0) is 42.7 Å². The zero-order valence-corrected chi connectivity index (χ0v) is 12.8. The summed E-state index contributed by atoms with van der Waals surface area (Å²) < 4.78 is 6.11. The van der Waals surface area contributed by atoms with Gasteiger partial charge in [0, 0.05) is 17.7 Å². The Labute approximate surface area is 130 Å². The molecule has 0 bridgehead atoms. The molecule has 0 aromatic heterocycles. The highest BCUT2D eigenvalue weighted by Crippen LogP contribution is 2.28. The van der Waals surface area contributed by atoms with Gasteiger partial charge in [-0.15, -0.1) is 0 Å². The molecule has 0 saturated carbocycles. The van der Waals surface area contributed by atoms with Gasteiger partial charge in [0.05, 0.1) is 0 Å². The van der Waals surface area contributed by atoms with E-state index in [0.29, 0.717) is 11.4 Å². The summed E-state index contributed by atoms with van der Waals surface area (Å²) in [5, 5.41) is 9.80. The Kier molecular flexibility index (Phi) is 5.62. The highest BCUT2D eigenvalue weighted by molar-refractivity contribution is 6.30. The zero-order valence-electron chi connectivity index (χ0n) is 12.0. The Morgan fingerprint density at radius 1 is 1.19 bits per heavy atom. The first kappa shape index (κ1) is 15.8. The predicted molar refractivity (Wildman–Crippen MR) is 85.7 cm³/mol. The Bertz CT molecular complexity index is 587. The summed E-state index contributed by atoms with van der Waals surface area (Å²) in [6.45, 7) is 1.99. The molecule has 0 aliphatic carbocycles. The van der Waals surface area contributed by atoms with Crippen LogP contribution in [0.4, 0.5) is 0 Å². The second-order valence-corrected chi connectivity index (χ2v) is 5.47. The van der Waals surface area contributed by atoms with Gasteiger partial charge in [-0.3, -0.25) is 0 Å². The summed E-state index contributed by atoms with van der Waals surface area (Å²) in [6, 6.07) is 15.0. The molecule has 0 saturated heterocycles. The second-order valence-electron chi connectivity index (χ2n) is 5.03. The van der Waals surface area contributed by atoms with Crippen LogP contribution in [0.5, 0.6) is 5.75 Å². The van der Waals surface area contributed by atoms with Crippen LogP contribution in [-0.2, 0) is 6.42 Å². The first-order valence-electron chi connectivity index (χ1n) is 6.98. The van der Waals surface area contributed by atoms with Crippen molar-refractivity contribution in [2.45, 2.75) is 25.5 Å². The van der Waals surface area contributed by atoms with Crippen LogP contribution >= 0.6 is 11.6 Å². The van der Waals surface area contributed by atoms with Crippen molar-refractivity contribution >= 4 is 11.6 Å². The Morgan fingerprint density at radius 3 is 2.62 bits per heavy atom. The molecule has 3 nitrogen and oxygen atoms in total. The van der Waals surface area contributed by atoms with Crippen LogP contribution in [0.2, 0.25) is 5.02 Å². The van der Waals surface area contributed by atoms with E-state index in [2.05, 4.69) is 0 Å². The predicted octanol–water partition coefficient (Wildman–Crippen LogP) is 3.34. The molecule has 0 heterocycles. The van der Waals surface area contributed by atoms with E-state index in [4.69, 9.17) is 27.2 Å². The van der Waals surface area contributed by atoms with Crippen molar-refractivity contribution in [3.8, 4) is 5.75 Å². The van der Waals surface area contributed by atoms with Crippen molar-refractivity contribution in [3.63, 3.8) is 0 Å². The first-order valence-corrected chi connectivity index (χ1v) is 7.36. The third-order valence-electron chi connectivity index (χ3n) is 3.26. The molecule has 2 unspecified atom stereocenters. The van der Waals surface area contributed by atoms with E-state index >= 15 is 0 Å². The third kappa shape index (κ3) is 4.21. The van der Waals surface area contributed by atoms with Crippen molar-refractivity contribution < 1.29 is 9.84 Å². The Hall–Kier alpha value is -1.55. The second kappa shape index (κ2) is 7.46. The van der Waals surface area contributed by atoms with E-state index < -0.39 is 0 Å². The standard InChI is InChI=1S/C17H20ClNO2/c1-12(19)17(14-6-4-7-15(18)11-14)21-16-8-3-2-5-13(16)9-10-20/h2-8,11-12,17,20H,9-10,19H2,1H3. The molecule has 21 heavy (non-hydrogen) atoms. The monoisotopic (exact) mass is 305 g/mol. The van der Waals surface area contributed by atoms with Crippen molar-refractivity contribution in [2.24, 2.45) is 5.73 Å². The lowest BCUT2D eigenvalue weighted by Gasteiger charge is -2.24. The van der Waals surface area contributed by atoms with Crippen molar-refractivity contribution in [3.05, 3.63) is 64.7 Å². The molecule has 2 rings (SSSR count). The lowest BCUT2D eigenvalue weighted by Crippen LogP contribution is -2.29. The Morgan fingerprint density at radius 2 is 1.95 bits per heavy atom. The summed E-state index contributed by atoms with van der Waals surface area (Å²) >= 11 is 6.05. The molecule has 0 radical (unpaired) electrons. The number of rotatable bonds is 6. The maximum atomic E-state index is 9.14. The maximum Gasteiger partial charge on any atom is 0.139 e. The average Bonchev–Trinajstić information content (AvgIpc) is 2.46. The minimum atomic E-state index is -0.288. The van der Waals surface area contributed by atoms with Gasteiger partial charge in [0.25, 0.3) is 0 Å². The topological polar surface area (TPSA) is 55.5 Å². The summed E-state index contributed by atoms with van der Waals surface area (Å²) in [4.78, 5) is 0. The van der Waals surface area contributed by atoms with Gasteiger partial charge in [0.2, 0.25) is 0 Å². The molecule has 0 aliphatic rings. The molecule has 2 atom stereocenters. The molecule has 2 aromatic rings. The van der Waals surface area contributed by atoms with Gasteiger partial charge < -0.3 is 15.6 Å². The van der Waals surface area contributed by atoms with Crippen LogP contribution in [0, 0.1) is 0 Å². The van der Waals surface area contributed by atoms with E-state index in [-0.39, 0.29) is 18.8 Å². The summed E-state index contributed by atoms with van der Waals surface area (Å²) in [5.41, 5.74) is 7.98. The maximum absolute atomic E-state index is 9.14. The fourth-order valence-electron chi connectivity index (χ4n) is 2.25. The van der Waals surface area contributed by atoms with Gasteiger partial charge in [-0.25, -0.2) is 0 Å². The van der Waals surface area contributed by atoms with Crippen LogP contribution in [-0.4, -0.2) is 17.8 Å². The zero-order chi connectivity index (χ0) is 15.2. The van der Waals surface area contributed by atoms with Crippen molar-refractivity contribution in [1.82, 2.24) is 0 Å². The van der Waals surface area contributed by atoms with Crippen LogP contribution in [0.25, 0.3) is 0 Å². The minimum Gasteiger partial charge on any atom is -0.484 e. The third-order valence-corrected chi connectivity index (χ3v) is 3.50. The van der Waals surface area contributed by atoms with Crippen LogP contribution in [0.3, 0.4) is 0 Å². The summed E-state index contributed by atoms with van der Waals surface area (Å²) in [6.07, 6.45) is 0.265. The number of aliphatic hydroxyl groups excluding tert-OH is 1. The molecule has 4 heteroatoms. The molecule has 112 valence electrons. The number of hydrogen-bond acceptors (Lipinski definition) is 3. The van der Waals surface area contributed by atoms with Crippen LogP contribution in [0.15, 0.2) is 48.5 Å². The van der Waals surface area contributed by atoms with Crippen molar-refractivity contribution in [1.29, 1.82) is 0 Å². The normalized spacial score (nSPS) is 13.7. The summed E-state index contributed by atoms with van der Waals surface area (Å²) in [7, 11) is 0. The number of aliphatic hydroxyl groups is 1. The SMILES string of the molecule is CC(N)C(Oc1ccccc1CCO)c1cccc(Cl)c1. The molecule has 0 spiro atoms. The highest BCUT2D eigenvalue weighted by atomic mass is 35.5. The number of halogens is 1. The number of nitrogens with two attached hydrogens (primary N) is 1. The highest BCUT2D eigenvalue weighted by Gasteiger charge is 2.19. The van der Waals surface area contributed by atoms with Gasteiger partial charge in [0.15, 0.2) is 0 Å². The van der Waals surface area contributed by atoms with E-state index in [9.17, 15) is 0 Å². The lowest BCUT2D eigenvalue weighted by atomic mass is 10.0. The largest absolute Gasteiger partial charge is 0.484 e. The fourth-order valence-corrected chi connectivity index (χ4v) is 2.44. The van der Waals surface area contributed by atoms with Crippen molar-refractivity contribution in [2.75, 3.05) is 6.61 Å². The summed E-state index contributed by atoms with van der Waals surface area (Å²) in [5.74, 6) is 0.744. The van der Waals surface area contributed by atoms with Gasteiger partial charge in [0.1, 0.15) is 11.9 Å². The molecular weight excluding hydrogens is 286 g/mol. The van der Waals surface area contributed by atoms with E-state index in [0.717, 1.165) is 16.9 Å². The lowest BCUT2D eigenvalue weighted by molar-refractivity contribution is 0.177. The fraction of sp³-hybridized carbons (Fsp3) is 0.294. The van der Waals surface area contributed by atoms with Gasteiger partial charge in [-0.1, -0.05) is 41.9 Å². The van der Waals surface area contributed by atoms with E-state index in [1.807, 2.05) is 55.5 Å². The molecule has 0 aliphatic heterocycles. The van der Waals surface area contributed by atoms with Crippen LogP contribution in [0.1, 0.15) is 24.2 Å². The van der Waals surface area contributed by atoms with Crippen LogP contribution < -0.4 is 10.5 Å². The number of ether oxygens (including phenoxy) is 1. The molecule has 3 N–H and O–H groups in total. The molecular formula is C17H20ClNO2. The molecule has 0 amide bonds. The average molecular weight is 306 g/mol. The van der Waals surface area contributed by atoms with Gasteiger partial charge in [-0.2, -0.15) is 0 Å². The van der Waals surface area contributed by atoms with E-state index in [1.54, 1.807) is 0 Å². The molecule has 2 aromatic carbocycles. The Balaban J connectivity index is 2.29. The van der Waals surface area contributed by atoms with Gasteiger partial charge >= 0.3 is 0 Å².